The van der Waals surface area contributed by atoms with Gasteiger partial charge in [0, 0.05) is 13.1 Å². The predicted molar refractivity (Wildman–Crippen MR) is 56.9 cm³/mol. The maximum Gasteiger partial charge on any atom is 0.231 e. The second-order valence-electron chi connectivity index (χ2n) is 3.53. The van der Waals surface area contributed by atoms with E-state index in [4.69, 9.17) is 14.2 Å². The highest BCUT2D eigenvalue weighted by Gasteiger charge is 2.21. The molecule has 0 bridgehead atoms. The fourth-order valence-electron chi connectivity index (χ4n) is 1.72. The highest BCUT2D eigenvalue weighted by molar-refractivity contribution is 5.69. The van der Waals surface area contributed by atoms with Gasteiger partial charge in [0.05, 0.1) is 12.7 Å². The van der Waals surface area contributed by atoms with Gasteiger partial charge in [-0.2, -0.15) is 0 Å². The van der Waals surface area contributed by atoms with Gasteiger partial charge in [-0.1, -0.05) is 0 Å². The Balaban J connectivity index is 2.19. The van der Waals surface area contributed by atoms with Crippen molar-refractivity contribution >= 4 is 0 Å². The van der Waals surface area contributed by atoms with Crippen molar-refractivity contribution in [3.8, 4) is 28.6 Å². The van der Waals surface area contributed by atoms with Crippen molar-refractivity contribution in [3.63, 3.8) is 0 Å². The van der Waals surface area contributed by atoms with Crippen LogP contribution in [-0.4, -0.2) is 34.1 Å². The molecule has 0 spiro atoms. The van der Waals surface area contributed by atoms with E-state index in [1.54, 1.807) is 24.9 Å². The third kappa shape index (κ3) is 1.47. The maximum atomic E-state index is 5.32. The first-order valence-electron chi connectivity index (χ1n) is 5.00. The summed E-state index contributed by atoms with van der Waals surface area (Å²) in [5, 5.41) is 11.3. The van der Waals surface area contributed by atoms with E-state index in [1.165, 1.54) is 0 Å². The molecule has 2 aromatic rings. The molecule has 1 aliphatic heterocycles. The molecule has 7 nitrogen and oxygen atoms in total. The molecule has 0 unspecified atom stereocenters. The van der Waals surface area contributed by atoms with Gasteiger partial charge in [-0.3, -0.25) is 0 Å². The van der Waals surface area contributed by atoms with Crippen LogP contribution in [0.15, 0.2) is 12.1 Å². The Hall–Kier alpha value is -2.31. The maximum absolute atomic E-state index is 5.32. The molecule has 0 amide bonds. The van der Waals surface area contributed by atoms with Crippen molar-refractivity contribution in [2.24, 2.45) is 7.05 Å². The lowest BCUT2D eigenvalue weighted by Gasteiger charge is -2.08. The van der Waals surface area contributed by atoms with Crippen LogP contribution < -0.4 is 14.2 Å². The standard InChI is InChI=1S/C10H10N4O3/c1-14-10(11-12-13-14)6-3-8-9(17-5-16-8)4-7(6)15-2/h3-4H,5H2,1-2H3. The van der Waals surface area contributed by atoms with Crippen LogP contribution in [0.1, 0.15) is 0 Å². The fraction of sp³-hybridized carbons (Fsp3) is 0.300. The minimum absolute atomic E-state index is 0.221. The second kappa shape index (κ2) is 3.62. The molecule has 0 aliphatic carbocycles. The third-order valence-corrected chi connectivity index (χ3v) is 2.56. The fourth-order valence-corrected chi connectivity index (χ4v) is 1.72. The molecular formula is C10H10N4O3. The molecule has 3 rings (SSSR count). The minimum Gasteiger partial charge on any atom is -0.496 e. The number of fused-ring (bicyclic) bond motifs is 1. The molecule has 0 fully saturated rings. The Morgan fingerprint density at radius 1 is 1.29 bits per heavy atom. The molecule has 0 radical (unpaired) electrons. The van der Waals surface area contributed by atoms with Gasteiger partial charge in [-0.05, 0) is 16.5 Å². The lowest BCUT2D eigenvalue weighted by molar-refractivity contribution is 0.174. The average molecular weight is 234 g/mol. The number of aromatic nitrogens is 4. The van der Waals surface area contributed by atoms with E-state index in [0.29, 0.717) is 23.1 Å². The summed E-state index contributed by atoms with van der Waals surface area (Å²) in [5.74, 6) is 2.59. The topological polar surface area (TPSA) is 71.3 Å². The quantitative estimate of drug-likeness (QED) is 0.758. The molecule has 17 heavy (non-hydrogen) atoms. The van der Waals surface area contributed by atoms with E-state index in [9.17, 15) is 0 Å². The normalized spacial score (nSPS) is 12.8. The molecule has 0 N–H and O–H groups in total. The van der Waals surface area contributed by atoms with Crippen molar-refractivity contribution in [1.29, 1.82) is 0 Å². The number of benzene rings is 1. The highest BCUT2D eigenvalue weighted by atomic mass is 16.7. The number of ether oxygens (including phenoxy) is 3. The Morgan fingerprint density at radius 2 is 2.06 bits per heavy atom. The van der Waals surface area contributed by atoms with Crippen molar-refractivity contribution in [2.75, 3.05) is 13.9 Å². The van der Waals surface area contributed by atoms with Gasteiger partial charge in [-0.25, -0.2) is 4.68 Å². The first-order valence-corrected chi connectivity index (χ1v) is 5.00. The van der Waals surface area contributed by atoms with Gasteiger partial charge >= 0.3 is 0 Å². The summed E-state index contributed by atoms with van der Waals surface area (Å²) in [5.41, 5.74) is 0.768. The smallest absolute Gasteiger partial charge is 0.231 e. The molecule has 1 aromatic carbocycles. The molecule has 1 aliphatic rings. The molecule has 0 saturated heterocycles. The van der Waals surface area contributed by atoms with Crippen molar-refractivity contribution < 1.29 is 14.2 Å². The summed E-state index contributed by atoms with van der Waals surface area (Å²) in [6.45, 7) is 0.221. The van der Waals surface area contributed by atoms with Gasteiger partial charge in [0.2, 0.25) is 6.79 Å². The SMILES string of the molecule is COc1cc2c(cc1-c1nnnn1C)OCO2. The molecule has 0 saturated carbocycles. The van der Waals surface area contributed by atoms with Crippen LogP contribution in [0.2, 0.25) is 0 Å². The van der Waals surface area contributed by atoms with E-state index in [2.05, 4.69) is 15.5 Å². The van der Waals surface area contributed by atoms with Gasteiger partial charge in [0.25, 0.3) is 0 Å². The Kier molecular flexibility index (Phi) is 2.10. The predicted octanol–water partition coefficient (Wildman–Crippen LogP) is 0.614. The lowest BCUT2D eigenvalue weighted by Crippen LogP contribution is -1.97. The first-order chi connectivity index (χ1) is 8.29. The third-order valence-electron chi connectivity index (χ3n) is 2.56. The van der Waals surface area contributed by atoms with E-state index >= 15 is 0 Å². The number of nitrogens with zero attached hydrogens (tertiary/aromatic N) is 4. The monoisotopic (exact) mass is 234 g/mol. The molecule has 88 valence electrons. The number of rotatable bonds is 2. The zero-order chi connectivity index (χ0) is 11.8. The van der Waals surface area contributed by atoms with Crippen molar-refractivity contribution in [1.82, 2.24) is 20.2 Å². The van der Waals surface area contributed by atoms with Crippen LogP contribution in [0, 0.1) is 0 Å². The number of tetrazole rings is 1. The van der Waals surface area contributed by atoms with E-state index in [0.717, 1.165) is 5.56 Å². The van der Waals surface area contributed by atoms with E-state index in [1.807, 2.05) is 6.07 Å². The van der Waals surface area contributed by atoms with Crippen molar-refractivity contribution in [3.05, 3.63) is 12.1 Å². The summed E-state index contributed by atoms with van der Waals surface area (Å²) in [4.78, 5) is 0. The largest absolute Gasteiger partial charge is 0.496 e. The van der Waals surface area contributed by atoms with Crippen LogP contribution in [0.4, 0.5) is 0 Å². The molecular weight excluding hydrogens is 224 g/mol. The number of hydrogen-bond donors (Lipinski definition) is 0. The average Bonchev–Trinajstić information content (AvgIpc) is 2.94. The van der Waals surface area contributed by atoms with E-state index in [-0.39, 0.29) is 6.79 Å². The Labute approximate surface area is 96.9 Å². The van der Waals surface area contributed by atoms with Crippen LogP contribution in [0.5, 0.6) is 17.2 Å². The Morgan fingerprint density at radius 3 is 2.71 bits per heavy atom. The summed E-state index contributed by atoms with van der Waals surface area (Å²) in [7, 11) is 3.35. The molecule has 7 heteroatoms. The van der Waals surface area contributed by atoms with E-state index < -0.39 is 0 Å². The Bertz CT molecular complexity index is 567. The number of aryl methyl sites for hydroxylation is 1. The lowest BCUT2D eigenvalue weighted by atomic mass is 10.1. The van der Waals surface area contributed by atoms with Crippen molar-refractivity contribution in [2.45, 2.75) is 0 Å². The minimum atomic E-state index is 0.221. The zero-order valence-electron chi connectivity index (χ0n) is 9.38. The van der Waals surface area contributed by atoms with Gasteiger partial charge in [0.15, 0.2) is 17.3 Å². The first kappa shape index (κ1) is 9.88. The van der Waals surface area contributed by atoms with Gasteiger partial charge < -0.3 is 14.2 Å². The van der Waals surface area contributed by atoms with Crippen LogP contribution >= 0.6 is 0 Å². The summed E-state index contributed by atoms with van der Waals surface area (Å²) in [6.07, 6.45) is 0. The summed E-state index contributed by atoms with van der Waals surface area (Å²) in [6, 6.07) is 3.58. The van der Waals surface area contributed by atoms with Crippen LogP contribution in [-0.2, 0) is 7.05 Å². The summed E-state index contributed by atoms with van der Waals surface area (Å²) < 4.78 is 17.5. The second-order valence-corrected chi connectivity index (χ2v) is 3.53. The zero-order valence-corrected chi connectivity index (χ0v) is 9.38. The highest BCUT2D eigenvalue weighted by Crippen LogP contribution is 2.41. The summed E-state index contributed by atoms with van der Waals surface area (Å²) >= 11 is 0. The number of hydrogen-bond acceptors (Lipinski definition) is 6. The van der Waals surface area contributed by atoms with Crippen LogP contribution in [0.25, 0.3) is 11.4 Å². The molecule has 1 aromatic heterocycles. The number of methoxy groups -OCH3 is 1. The van der Waals surface area contributed by atoms with Gasteiger partial charge in [0.1, 0.15) is 5.75 Å². The van der Waals surface area contributed by atoms with Crippen LogP contribution in [0.3, 0.4) is 0 Å². The molecule has 2 heterocycles. The molecule has 0 atom stereocenters. The van der Waals surface area contributed by atoms with Gasteiger partial charge in [-0.15, -0.1) is 5.10 Å².